The van der Waals surface area contributed by atoms with Crippen molar-refractivity contribution in [1.29, 1.82) is 0 Å². The van der Waals surface area contributed by atoms with Gasteiger partial charge < -0.3 is 10.5 Å². The number of benzene rings is 1. The quantitative estimate of drug-likeness (QED) is 0.675. The molecule has 2 aromatic rings. The van der Waals surface area contributed by atoms with Crippen molar-refractivity contribution in [2.75, 3.05) is 7.11 Å². The second-order valence-corrected chi connectivity index (χ2v) is 5.70. The Labute approximate surface area is 116 Å². The SMILES string of the molecule is COc1ccc(S(=O)(=O)NCc2ncn[nH]2)cc1CN. The molecule has 0 aliphatic carbocycles. The molecule has 0 spiro atoms. The van der Waals surface area contributed by atoms with Crippen LogP contribution in [0.2, 0.25) is 0 Å². The maximum Gasteiger partial charge on any atom is 0.240 e. The zero-order valence-electron chi connectivity index (χ0n) is 10.8. The monoisotopic (exact) mass is 297 g/mol. The summed E-state index contributed by atoms with van der Waals surface area (Å²) in [6, 6.07) is 4.52. The number of nitrogens with zero attached hydrogens (tertiary/aromatic N) is 2. The highest BCUT2D eigenvalue weighted by molar-refractivity contribution is 7.89. The van der Waals surface area contributed by atoms with Crippen molar-refractivity contribution in [1.82, 2.24) is 19.9 Å². The number of nitrogens with one attached hydrogen (secondary N) is 2. The predicted molar refractivity (Wildman–Crippen MR) is 71.3 cm³/mol. The number of methoxy groups -OCH3 is 1. The van der Waals surface area contributed by atoms with E-state index in [0.29, 0.717) is 17.1 Å². The maximum absolute atomic E-state index is 12.1. The van der Waals surface area contributed by atoms with E-state index < -0.39 is 10.0 Å². The summed E-state index contributed by atoms with van der Waals surface area (Å²) >= 11 is 0. The van der Waals surface area contributed by atoms with Gasteiger partial charge in [0.2, 0.25) is 10.0 Å². The van der Waals surface area contributed by atoms with Crippen LogP contribution in [0.25, 0.3) is 0 Å². The Balaban J connectivity index is 2.20. The number of hydrogen-bond donors (Lipinski definition) is 3. The van der Waals surface area contributed by atoms with Crippen LogP contribution in [0.4, 0.5) is 0 Å². The minimum absolute atomic E-state index is 0.0340. The Morgan fingerprint density at radius 2 is 2.25 bits per heavy atom. The fourth-order valence-corrected chi connectivity index (χ4v) is 2.68. The molecule has 1 heterocycles. The van der Waals surface area contributed by atoms with Crippen molar-refractivity contribution in [2.24, 2.45) is 5.73 Å². The molecule has 0 unspecified atom stereocenters. The van der Waals surface area contributed by atoms with Crippen LogP contribution < -0.4 is 15.2 Å². The fraction of sp³-hybridized carbons (Fsp3) is 0.273. The molecular weight excluding hydrogens is 282 g/mol. The van der Waals surface area contributed by atoms with E-state index in [-0.39, 0.29) is 18.0 Å². The van der Waals surface area contributed by atoms with Crippen LogP contribution in [0.15, 0.2) is 29.4 Å². The minimum atomic E-state index is -3.64. The number of aromatic nitrogens is 3. The first kappa shape index (κ1) is 14.4. The largest absolute Gasteiger partial charge is 0.496 e. The third-order valence-corrected chi connectivity index (χ3v) is 4.08. The van der Waals surface area contributed by atoms with Gasteiger partial charge in [0, 0.05) is 12.1 Å². The third kappa shape index (κ3) is 3.13. The lowest BCUT2D eigenvalue weighted by atomic mass is 10.2. The van der Waals surface area contributed by atoms with Gasteiger partial charge in [0.15, 0.2) is 0 Å². The molecule has 0 aliphatic rings. The number of H-pyrrole nitrogens is 1. The molecule has 0 atom stereocenters. The molecule has 9 heteroatoms. The Morgan fingerprint density at radius 1 is 1.45 bits per heavy atom. The summed E-state index contributed by atoms with van der Waals surface area (Å²) in [5.74, 6) is 0.989. The molecule has 0 radical (unpaired) electrons. The van der Waals surface area contributed by atoms with Crippen LogP contribution in [0.1, 0.15) is 11.4 Å². The van der Waals surface area contributed by atoms with Gasteiger partial charge in [0.05, 0.1) is 18.6 Å². The summed E-state index contributed by atoms with van der Waals surface area (Å²) in [5.41, 5.74) is 6.19. The first-order chi connectivity index (χ1) is 9.56. The first-order valence-corrected chi connectivity index (χ1v) is 7.26. The number of aromatic amines is 1. The average molecular weight is 297 g/mol. The van der Waals surface area contributed by atoms with Gasteiger partial charge in [-0.15, -0.1) is 0 Å². The molecule has 4 N–H and O–H groups in total. The van der Waals surface area contributed by atoms with E-state index in [9.17, 15) is 8.42 Å². The lowest BCUT2D eigenvalue weighted by molar-refractivity contribution is 0.409. The van der Waals surface area contributed by atoms with Crippen molar-refractivity contribution < 1.29 is 13.2 Å². The van der Waals surface area contributed by atoms with Crippen LogP contribution in [-0.4, -0.2) is 30.7 Å². The van der Waals surface area contributed by atoms with E-state index in [1.54, 1.807) is 6.07 Å². The Hall–Kier alpha value is -1.97. The Kier molecular flexibility index (Phi) is 4.32. The molecule has 1 aromatic heterocycles. The molecule has 8 nitrogen and oxygen atoms in total. The topological polar surface area (TPSA) is 123 Å². The highest BCUT2D eigenvalue weighted by atomic mass is 32.2. The van der Waals surface area contributed by atoms with Gasteiger partial charge in [-0.3, -0.25) is 5.10 Å². The molecule has 20 heavy (non-hydrogen) atoms. The van der Waals surface area contributed by atoms with Gasteiger partial charge in [-0.2, -0.15) is 5.10 Å². The molecular formula is C11H15N5O3S. The number of nitrogens with two attached hydrogens (primary N) is 1. The normalized spacial score (nSPS) is 11.5. The number of sulfonamides is 1. The van der Waals surface area contributed by atoms with Crippen LogP contribution in [0.3, 0.4) is 0 Å². The van der Waals surface area contributed by atoms with Crippen molar-refractivity contribution in [3.63, 3.8) is 0 Å². The summed E-state index contributed by atoms with van der Waals surface area (Å²) in [4.78, 5) is 3.96. The van der Waals surface area contributed by atoms with Crippen LogP contribution in [-0.2, 0) is 23.1 Å². The number of ether oxygens (including phenoxy) is 1. The molecule has 1 aromatic carbocycles. The third-order valence-electron chi connectivity index (χ3n) is 2.68. The Bertz CT molecular complexity index is 669. The number of hydrogen-bond acceptors (Lipinski definition) is 6. The Morgan fingerprint density at radius 3 is 2.85 bits per heavy atom. The van der Waals surface area contributed by atoms with Gasteiger partial charge in [0.25, 0.3) is 0 Å². The second kappa shape index (κ2) is 5.99. The highest BCUT2D eigenvalue weighted by Crippen LogP contribution is 2.21. The maximum atomic E-state index is 12.1. The summed E-state index contributed by atoms with van der Waals surface area (Å²) in [6.45, 7) is 0.223. The minimum Gasteiger partial charge on any atom is -0.496 e. The first-order valence-electron chi connectivity index (χ1n) is 5.77. The van der Waals surface area contributed by atoms with E-state index in [2.05, 4.69) is 19.9 Å². The predicted octanol–water partition coefficient (Wildman–Crippen LogP) is -0.250. The van der Waals surface area contributed by atoms with Gasteiger partial charge in [-0.25, -0.2) is 18.1 Å². The van der Waals surface area contributed by atoms with Crippen molar-refractivity contribution in [3.8, 4) is 5.75 Å². The lowest BCUT2D eigenvalue weighted by Crippen LogP contribution is -2.24. The molecule has 0 aliphatic heterocycles. The molecule has 0 saturated heterocycles. The van der Waals surface area contributed by atoms with E-state index >= 15 is 0 Å². The highest BCUT2D eigenvalue weighted by Gasteiger charge is 2.16. The summed E-state index contributed by atoms with van der Waals surface area (Å²) < 4.78 is 31.8. The van der Waals surface area contributed by atoms with Gasteiger partial charge in [0.1, 0.15) is 17.9 Å². The van der Waals surface area contributed by atoms with E-state index in [0.717, 1.165) is 0 Å². The zero-order valence-corrected chi connectivity index (χ0v) is 11.6. The summed E-state index contributed by atoms with van der Waals surface area (Å²) in [5, 5.41) is 6.22. The lowest BCUT2D eigenvalue weighted by Gasteiger charge is -2.10. The van der Waals surface area contributed by atoms with Crippen LogP contribution >= 0.6 is 0 Å². The number of rotatable bonds is 6. The van der Waals surface area contributed by atoms with Gasteiger partial charge >= 0.3 is 0 Å². The fourth-order valence-electron chi connectivity index (χ4n) is 1.64. The molecule has 0 amide bonds. The van der Waals surface area contributed by atoms with Gasteiger partial charge in [-0.05, 0) is 18.2 Å². The van der Waals surface area contributed by atoms with E-state index in [4.69, 9.17) is 10.5 Å². The van der Waals surface area contributed by atoms with Gasteiger partial charge in [-0.1, -0.05) is 0 Å². The summed E-state index contributed by atoms with van der Waals surface area (Å²) in [6.07, 6.45) is 1.31. The van der Waals surface area contributed by atoms with Crippen LogP contribution in [0.5, 0.6) is 5.75 Å². The molecule has 0 bridgehead atoms. The van der Waals surface area contributed by atoms with E-state index in [1.165, 1.54) is 25.6 Å². The molecule has 0 saturated carbocycles. The second-order valence-electron chi connectivity index (χ2n) is 3.93. The standard InChI is InChI=1S/C11H15N5O3S/c1-19-10-3-2-9(4-8(10)5-12)20(17,18)15-6-11-13-7-14-16-11/h2-4,7,15H,5-6,12H2,1H3,(H,13,14,16). The summed E-state index contributed by atoms with van der Waals surface area (Å²) in [7, 11) is -2.14. The molecule has 0 fully saturated rings. The zero-order chi connectivity index (χ0) is 14.6. The molecule has 2 rings (SSSR count). The van der Waals surface area contributed by atoms with Crippen molar-refractivity contribution >= 4 is 10.0 Å². The average Bonchev–Trinajstić information content (AvgIpc) is 2.97. The smallest absolute Gasteiger partial charge is 0.240 e. The van der Waals surface area contributed by atoms with Crippen LogP contribution in [0, 0.1) is 0 Å². The van der Waals surface area contributed by atoms with Crippen molar-refractivity contribution in [3.05, 3.63) is 35.9 Å². The van der Waals surface area contributed by atoms with E-state index in [1.807, 2.05) is 0 Å². The van der Waals surface area contributed by atoms with Crippen molar-refractivity contribution in [2.45, 2.75) is 18.0 Å². The molecule has 108 valence electrons.